The van der Waals surface area contributed by atoms with Gasteiger partial charge in [0.1, 0.15) is 11.5 Å². The molecule has 0 radical (unpaired) electrons. The van der Waals surface area contributed by atoms with Gasteiger partial charge >= 0.3 is 5.69 Å². The van der Waals surface area contributed by atoms with Gasteiger partial charge in [-0.1, -0.05) is 11.6 Å². The number of carbonyl (C=O) groups is 1. The van der Waals surface area contributed by atoms with Crippen molar-refractivity contribution in [2.75, 3.05) is 11.9 Å². The smallest absolute Gasteiger partial charge is 0.311 e. The summed E-state index contributed by atoms with van der Waals surface area (Å²) < 4.78 is 10.9. The van der Waals surface area contributed by atoms with E-state index in [4.69, 9.17) is 33.3 Å². The molecule has 0 spiro atoms. The number of hydrogen-bond acceptors (Lipinski definition) is 6. The Morgan fingerprint density at radius 3 is 2.28 bits per heavy atom. The van der Waals surface area contributed by atoms with Crippen molar-refractivity contribution >= 4 is 46.2 Å². The van der Waals surface area contributed by atoms with Crippen LogP contribution < -0.4 is 20.1 Å². The van der Waals surface area contributed by atoms with Gasteiger partial charge in [-0.05, 0) is 79.8 Å². The SMILES string of the molecule is CCOc1ccc(C(=O)NC(=S)Nc2ccc(Oc3ccc(Cl)cc3)cc2)cc1[N+](=O)[O-]. The quantitative estimate of drug-likeness (QED) is 0.264. The molecule has 164 valence electrons. The molecule has 0 heterocycles. The molecule has 0 unspecified atom stereocenters. The Kier molecular flexibility index (Phi) is 7.58. The molecule has 0 bridgehead atoms. The van der Waals surface area contributed by atoms with E-state index in [2.05, 4.69) is 10.6 Å². The van der Waals surface area contributed by atoms with Crippen LogP contribution >= 0.6 is 23.8 Å². The number of nitrogens with one attached hydrogen (secondary N) is 2. The van der Waals surface area contributed by atoms with Crippen LogP contribution in [0.1, 0.15) is 17.3 Å². The van der Waals surface area contributed by atoms with Crippen molar-refractivity contribution < 1.29 is 19.2 Å². The predicted molar refractivity (Wildman–Crippen MR) is 126 cm³/mol. The zero-order valence-corrected chi connectivity index (χ0v) is 18.4. The molecule has 8 nitrogen and oxygen atoms in total. The molecule has 0 atom stereocenters. The standard InChI is InChI=1S/C22H18ClN3O5S/c1-2-30-20-12-3-14(13-19(20)26(28)29)21(27)25-22(32)24-16-6-10-18(11-7-16)31-17-8-4-15(23)5-9-17/h3-13H,2H2,1H3,(H2,24,25,27,32). The van der Waals surface area contributed by atoms with Gasteiger partial charge in [-0.15, -0.1) is 0 Å². The molecular weight excluding hydrogens is 454 g/mol. The third kappa shape index (κ3) is 6.16. The summed E-state index contributed by atoms with van der Waals surface area (Å²) in [4.78, 5) is 23.1. The molecule has 0 fully saturated rings. The van der Waals surface area contributed by atoms with E-state index in [0.29, 0.717) is 22.2 Å². The number of amides is 1. The van der Waals surface area contributed by atoms with Crippen molar-refractivity contribution in [3.63, 3.8) is 0 Å². The van der Waals surface area contributed by atoms with Crippen LogP contribution in [0.25, 0.3) is 0 Å². The third-order valence-corrected chi connectivity index (χ3v) is 4.56. The Bertz CT molecular complexity index is 1140. The lowest BCUT2D eigenvalue weighted by Gasteiger charge is -2.11. The molecule has 0 saturated heterocycles. The van der Waals surface area contributed by atoms with Crippen LogP contribution in [-0.2, 0) is 0 Å². The highest BCUT2D eigenvalue weighted by molar-refractivity contribution is 7.80. The zero-order chi connectivity index (χ0) is 23.1. The second-order valence-corrected chi connectivity index (χ2v) is 7.21. The molecule has 32 heavy (non-hydrogen) atoms. The van der Waals surface area contributed by atoms with E-state index in [0.717, 1.165) is 6.07 Å². The van der Waals surface area contributed by atoms with Crippen molar-refractivity contribution in [1.82, 2.24) is 5.32 Å². The van der Waals surface area contributed by atoms with Crippen molar-refractivity contribution in [1.29, 1.82) is 0 Å². The summed E-state index contributed by atoms with van der Waals surface area (Å²) in [6.45, 7) is 1.98. The van der Waals surface area contributed by atoms with E-state index in [1.807, 2.05) is 0 Å². The Labute approximate surface area is 194 Å². The Morgan fingerprint density at radius 2 is 1.69 bits per heavy atom. The molecule has 0 aliphatic rings. The molecule has 0 aliphatic heterocycles. The average Bonchev–Trinajstić information content (AvgIpc) is 2.77. The summed E-state index contributed by atoms with van der Waals surface area (Å²) in [7, 11) is 0. The van der Waals surface area contributed by atoms with Crippen LogP contribution in [0.2, 0.25) is 5.02 Å². The molecule has 0 aromatic heterocycles. The highest BCUT2D eigenvalue weighted by atomic mass is 35.5. The number of nitrogens with zero attached hydrogens (tertiary/aromatic N) is 1. The topological polar surface area (TPSA) is 103 Å². The van der Waals surface area contributed by atoms with Gasteiger partial charge in [0.2, 0.25) is 0 Å². The minimum absolute atomic E-state index is 0.0397. The first-order valence-electron chi connectivity index (χ1n) is 9.42. The molecule has 0 saturated carbocycles. The monoisotopic (exact) mass is 471 g/mol. The maximum atomic E-state index is 12.4. The minimum atomic E-state index is -0.605. The Morgan fingerprint density at radius 1 is 1.06 bits per heavy atom. The van der Waals surface area contributed by atoms with Crippen LogP contribution in [0.4, 0.5) is 11.4 Å². The number of benzene rings is 3. The number of nitro groups is 1. The summed E-state index contributed by atoms with van der Waals surface area (Å²) in [5, 5.41) is 17.3. The number of ether oxygens (including phenoxy) is 2. The molecule has 3 rings (SSSR count). The van der Waals surface area contributed by atoms with Gasteiger partial charge in [0.15, 0.2) is 10.9 Å². The lowest BCUT2D eigenvalue weighted by molar-refractivity contribution is -0.385. The van der Waals surface area contributed by atoms with E-state index >= 15 is 0 Å². The van der Waals surface area contributed by atoms with Gasteiger partial charge in [-0.2, -0.15) is 0 Å². The summed E-state index contributed by atoms with van der Waals surface area (Å²) in [6.07, 6.45) is 0. The number of nitro benzene ring substituents is 1. The maximum Gasteiger partial charge on any atom is 0.311 e. The summed E-state index contributed by atoms with van der Waals surface area (Å²) in [5.41, 5.74) is 0.405. The third-order valence-electron chi connectivity index (χ3n) is 4.11. The van der Waals surface area contributed by atoms with E-state index in [1.165, 1.54) is 12.1 Å². The van der Waals surface area contributed by atoms with Crippen LogP contribution in [0, 0.1) is 10.1 Å². The molecule has 0 aliphatic carbocycles. The first-order valence-corrected chi connectivity index (χ1v) is 10.2. The molecular formula is C22H18ClN3O5S. The first kappa shape index (κ1) is 23.0. The van der Waals surface area contributed by atoms with Crippen LogP contribution in [-0.4, -0.2) is 22.5 Å². The van der Waals surface area contributed by atoms with Crippen molar-refractivity contribution in [3.05, 3.63) is 87.4 Å². The summed E-state index contributed by atoms with van der Waals surface area (Å²) >= 11 is 11.0. The van der Waals surface area contributed by atoms with Crippen LogP contribution in [0.5, 0.6) is 17.2 Å². The minimum Gasteiger partial charge on any atom is -0.487 e. The van der Waals surface area contributed by atoms with Gasteiger partial charge in [0.25, 0.3) is 5.91 Å². The van der Waals surface area contributed by atoms with Crippen molar-refractivity contribution in [2.45, 2.75) is 6.92 Å². The largest absolute Gasteiger partial charge is 0.487 e. The van der Waals surface area contributed by atoms with Crippen molar-refractivity contribution in [2.24, 2.45) is 0 Å². The fraction of sp³-hybridized carbons (Fsp3) is 0.0909. The van der Waals surface area contributed by atoms with Crippen molar-refractivity contribution in [3.8, 4) is 17.2 Å². The Hall–Kier alpha value is -3.69. The molecule has 1 amide bonds. The number of hydrogen-bond donors (Lipinski definition) is 2. The fourth-order valence-electron chi connectivity index (χ4n) is 2.66. The first-order chi connectivity index (χ1) is 15.4. The fourth-order valence-corrected chi connectivity index (χ4v) is 3.00. The second kappa shape index (κ2) is 10.6. The number of rotatable bonds is 7. The summed E-state index contributed by atoms with van der Waals surface area (Å²) in [6, 6.07) is 17.8. The average molecular weight is 472 g/mol. The van der Waals surface area contributed by atoms with Crippen LogP contribution in [0.3, 0.4) is 0 Å². The maximum absolute atomic E-state index is 12.4. The van der Waals surface area contributed by atoms with E-state index in [9.17, 15) is 14.9 Å². The molecule has 3 aromatic rings. The second-order valence-electron chi connectivity index (χ2n) is 6.36. The highest BCUT2D eigenvalue weighted by Gasteiger charge is 2.19. The number of anilines is 1. The van der Waals surface area contributed by atoms with Gasteiger partial charge in [-0.3, -0.25) is 20.2 Å². The number of thiocarbonyl (C=S) groups is 1. The van der Waals surface area contributed by atoms with Gasteiger partial charge in [0.05, 0.1) is 11.5 Å². The molecule has 2 N–H and O–H groups in total. The van der Waals surface area contributed by atoms with Gasteiger partial charge in [0, 0.05) is 22.3 Å². The molecule has 3 aromatic carbocycles. The van der Waals surface area contributed by atoms with Gasteiger partial charge < -0.3 is 14.8 Å². The van der Waals surface area contributed by atoms with E-state index in [1.54, 1.807) is 55.5 Å². The Balaban J connectivity index is 1.60. The molecule has 10 heteroatoms. The van der Waals surface area contributed by atoms with Gasteiger partial charge in [-0.25, -0.2) is 0 Å². The normalized spacial score (nSPS) is 10.2. The van der Waals surface area contributed by atoms with E-state index in [-0.39, 0.29) is 28.7 Å². The lowest BCUT2D eigenvalue weighted by atomic mass is 10.1. The van der Waals surface area contributed by atoms with Crippen LogP contribution in [0.15, 0.2) is 66.7 Å². The summed E-state index contributed by atoms with van der Waals surface area (Å²) in [5.74, 6) is 0.754. The lowest BCUT2D eigenvalue weighted by Crippen LogP contribution is -2.34. The predicted octanol–water partition coefficient (Wildman–Crippen LogP) is 5.57. The zero-order valence-electron chi connectivity index (χ0n) is 16.8. The number of carbonyl (C=O) groups excluding carboxylic acids is 1. The highest BCUT2D eigenvalue weighted by Crippen LogP contribution is 2.28. The number of halogens is 1. The van der Waals surface area contributed by atoms with E-state index < -0.39 is 10.8 Å².